The molecule has 2 aromatic carbocycles. The van der Waals surface area contributed by atoms with Crippen molar-refractivity contribution >= 4 is 34.2 Å². The number of urea groups is 1. The Bertz CT molecular complexity index is 882. The predicted molar refractivity (Wildman–Crippen MR) is 106 cm³/mol. The number of carbonyl (C=O) groups is 1. The van der Waals surface area contributed by atoms with E-state index >= 15 is 0 Å². The van der Waals surface area contributed by atoms with Crippen LogP contribution in [0.1, 0.15) is 5.69 Å². The van der Waals surface area contributed by atoms with E-state index in [2.05, 4.69) is 27.3 Å². The fraction of sp³-hybridized carbons (Fsp3) is 0.250. The maximum absolute atomic E-state index is 12.5. The Morgan fingerprint density at radius 1 is 1.04 bits per heavy atom. The van der Waals surface area contributed by atoms with E-state index in [1.807, 2.05) is 47.4 Å². The van der Waals surface area contributed by atoms with Crippen LogP contribution in [-0.4, -0.2) is 42.1 Å². The van der Waals surface area contributed by atoms with Crippen LogP contribution in [-0.2, 0) is 6.54 Å². The number of fused-ring (bicyclic) bond motifs is 1. The van der Waals surface area contributed by atoms with Crippen LogP contribution in [0.4, 0.5) is 10.5 Å². The number of rotatable bonds is 3. The molecule has 1 aliphatic heterocycles. The number of H-pyrrole nitrogens is 1. The summed E-state index contributed by atoms with van der Waals surface area (Å²) < 4.78 is 0. The van der Waals surface area contributed by atoms with Crippen LogP contribution in [0.5, 0.6) is 0 Å². The molecule has 2 N–H and O–H groups in total. The second-order valence-electron chi connectivity index (χ2n) is 6.47. The highest BCUT2D eigenvalue weighted by Gasteiger charge is 2.22. The number of halogens is 1. The third-order valence-electron chi connectivity index (χ3n) is 4.78. The van der Waals surface area contributed by atoms with E-state index in [0.29, 0.717) is 19.6 Å². The summed E-state index contributed by atoms with van der Waals surface area (Å²) in [5, 5.41) is 4.92. The Labute approximate surface area is 157 Å². The molecule has 2 amide bonds. The number of benzene rings is 2. The van der Waals surface area contributed by atoms with Gasteiger partial charge in [0.1, 0.15) is 0 Å². The molecule has 6 heteroatoms. The van der Waals surface area contributed by atoms with Crippen LogP contribution in [0.25, 0.3) is 10.9 Å². The largest absolute Gasteiger partial charge is 0.367 e. The summed E-state index contributed by atoms with van der Waals surface area (Å²) in [6.07, 6.45) is 0. The maximum atomic E-state index is 12.5. The average Bonchev–Trinajstić information content (AvgIpc) is 3.10. The molecule has 134 valence electrons. The molecule has 0 radical (unpaired) electrons. The van der Waals surface area contributed by atoms with Gasteiger partial charge in [-0.2, -0.15) is 0 Å². The van der Waals surface area contributed by atoms with E-state index in [4.69, 9.17) is 11.6 Å². The van der Waals surface area contributed by atoms with E-state index in [0.717, 1.165) is 40.4 Å². The third kappa shape index (κ3) is 3.48. The van der Waals surface area contributed by atoms with Crippen LogP contribution in [0.2, 0.25) is 5.02 Å². The van der Waals surface area contributed by atoms with Crippen LogP contribution in [0.15, 0.2) is 54.6 Å². The van der Waals surface area contributed by atoms with E-state index in [9.17, 15) is 4.79 Å². The third-order valence-corrected chi connectivity index (χ3v) is 5.10. The van der Waals surface area contributed by atoms with E-state index in [1.165, 1.54) is 0 Å². The summed E-state index contributed by atoms with van der Waals surface area (Å²) in [4.78, 5) is 19.9. The standard InChI is InChI=1S/C20H21ClN4O/c21-17-6-2-4-8-19(17)24-9-11-25(12-10-24)20(26)22-14-16-13-15-5-1-3-7-18(15)23-16/h1-8,13,23H,9-12,14H2,(H,22,26). The van der Waals surface area contributed by atoms with Crippen molar-refractivity contribution in [1.82, 2.24) is 15.2 Å². The van der Waals surface area contributed by atoms with Crippen molar-refractivity contribution in [3.8, 4) is 0 Å². The van der Waals surface area contributed by atoms with Crippen molar-refractivity contribution in [2.75, 3.05) is 31.1 Å². The molecule has 0 saturated carbocycles. The van der Waals surface area contributed by atoms with Crippen LogP contribution < -0.4 is 10.2 Å². The highest BCUT2D eigenvalue weighted by Crippen LogP contribution is 2.26. The molecule has 1 aromatic heterocycles. The summed E-state index contributed by atoms with van der Waals surface area (Å²) in [6.45, 7) is 3.43. The number of aromatic nitrogens is 1. The van der Waals surface area contributed by atoms with Gasteiger partial charge in [0.2, 0.25) is 0 Å². The first kappa shape index (κ1) is 16.8. The fourth-order valence-electron chi connectivity index (χ4n) is 3.37. The molecule has 0 unspecified atom stereocenters. The normalized spacial score (nSPS) is 14.7. The molecule has 2 heterocycles. The van der Waals surface area contributed by atoms with Gasteiger partial charge in [-0.3, -0.25) is 0 Å². The van der Waals surface area contributed by atoms with E-state index in [-0.39, 0.29) is 6.03 Å². The summed E-state index contributed by atoms with van der Waals surface area (Å²) >= 11 is 6.27. The molecule has 1 fully saturated rings. The minimum absolute atomic E-state index is 0.0255. The number of para-hydroxylation sites is 2. The molecule has 1 saturated heterocycles. The number of anilines is 1. The van der Waals surface area contributed by atoms with Crippen molar-refractivity contribution < 1.29 is 4.79 Å². The molecule has 1 aliphatic rings. The monoisotopic (exact) mass is 368 g/mol. The Morgan fingerprint density at radius 2 is 1.77 bits per heavy atom. The van der Waals surface area contributed by atoms with Gasteiger partial charge in [-0.25, -0.2) is 4.79 Å². The summed E-state index contributed by atoms with van der Waals surface area (Å²) in [7, 11) is 0. The van der Waals surface area contributed by atoms with Crippen LogP contribution in [0, 0.1) is 0 Å². The molecular weight excluding hydrogens is 348 g/mol. The van der Waals surface area contributed by atoms with Gasteiger partial charge in [0.05, 0.1) is 17.3 Å². The van der Waals surface area contributed by atoms with Crippen molar-refractivity contribution in [2.45, 2.75) is 6.54 Å². The zero-order chi connectivity index (χ0) is 17.9. The maximum Gasteiger partial charge on any atom is 0.317 e. The number of piperazine rings is 1. The minimum atomic E-state index is -0.0255. The van der Waals surface area contributed by atoms with Crippen molar-refractivity contribution in [3.63, 3.8) is 0 Å². The van der Waals surface area contributed by atoms with Gasteiger partial charge in [0.25, 0.3) is 0 Å². The van der Waals surface area contributed by atoms with Crippen LogP contribution in [0.3, 0.4) is 0 Å². The van der Waals surface area contributed by atoms with E-state index < -0.39 is 0 Å². The zero-order valence-corrected chi connectivity index (χ0v) is 15.2. The first-order chi connectivity index (χ1) is 12.7. The average molecular weight is 369 g/mol. The first-order valence-electron chi connectivity index (χ1n) is 8.79. The van der Waals surface area contributed by atoms with Gasteiger partial charge in [0, 0.05) is 37.4 Å². The molecule has 0 spiro atoms. The Balaban J connectivity index is 1.31. The zero-order valence-electron chi connectivity index (χ0n) is 14.4. The molecule has 0 aliphatic carbocycles. The van der Waals surface area contributed by atoms with Gasteiger partial charge in [-0.1, -0.05) is 41.9 Å². The lowest BCUT2D eigenvalue weighted by molar-refractivity contribution is 0.194. The number of nitrogens with one attached hydrogen (secondary N) is 2. The van der Waals surface area contributed by atoms with Gasteiger partial charge in [-0.05, 0) is 29.7 Å². The highest BCUT2D eigenvalue weighted by molar-refractivity contribution is 6.33. The summed E-state index contributed by atoms with van der Waals surface area (Å²) in [5.41, 5.74) is 3.13. The number of aromatic amines is 1. The van der Waals surface area contributed by atoms with Crippen molar-refractivity contribution in [3.05, 3.63) is 65.3 Å². The quantitative estimate of drug-likeness (QED) is 0.737. The Morgan fingerprint density at radius 3 is 2.54 bits per heavy atom. The Kier molecular flexibility index (Phi) is 4.71. The second kappa shape index (κ2) is 7.30. The Hall–Kier alpha value is -2.66. The molecule has 5 nitrogen and oxygen atoms in total. The van der Waals surface area contributed by atoms with Gasteiger partial charge in [-0.15, -0.1) is 0 Å². The topological polar surface area (TPSA) is 51.4 Å². The highest BCUT2D eigenvalue weighted by atomic mass is 35.5. The molecule has 26 heavy (non-hydrogen) atoms. The molecular formula is C20H21ClN4O. The molecule has 3 aromatic rings. The van der Waals surface area contributed by atoms with Gasteiger partial charge < -0.3 is 20.1 Å². The molecule has 4 rings (SSSR count). The van der Waals surface area contributed by atoms with Gasteiger partial charge >= 0.3 is 6.03 Å². The predicted octanol–water partition coefficient (Wildman–Crippen LogP) is 3.85. The lowest BCUT2D eigenvalue weighted by Gasteiger charge is -2.36. The number of hydrogen-bond donors (Lipinski definition) is 2. The SMILES string of the molecule is O=C(NCc1cc2ccccc2[nH]1)N1CCN(c2ccccc2Cl)CC1. The number of hydrogen-bond acceptors (Lipinski definition) is 2. The van der Waals surface area contributed by atoms with Gasteiger partial charge in [0.15, 0.2) is 0 Å². The minimum Gasteiger partial charge on any atom is -0.367 e. The fourth-order valence-corrected chi connectivity index (χ4v) is 3.63. The summed E-state index contributed by atoms with van der Waals surface area (Å²) in [5.74, 6) is 0. The lowest BCUT2D eigenvalue weighted by atomic mass is 10.2. The number of nitrogens with zero attached hydrogens (tertiary/aromatic N) is 2. The smallest absolute Gasteiger partial charge is 0.317 e. The molecule has 0 atom stereocenters. The lowest BCUT2D eigenvalue weighted by Crippen LogP contribution is -2.51. The summed E-state index contributed by atoms with van der Waals surface area (Å²) in [6, 6.07) is 18.0. The van der Waals surface area contributed by atoms with Crippen LogP contribution >= 0.6 is 11.6 Å². The van der Waals surface area contributed by atoms with Crippen molar-refractivity contribution in [1.29, 1.82) is 0 Å². The van der Waals surface area contributed by atoms with E-state index in [1.54, 1.807) is 0 Å². The molecule has 0 bridgehead atoms. The first-order valence-corrected chi connectivity index (χ1v) is 9.17. The van der Waals surface area contributed by atoms with Crippen molar-refractivity contribution in [2.24, 2.45) is 0 Å². The second-order valence-corrected chi connectivity index (χ2v) is 6.87. The number of amides is 2. The number of carbonyl (C=O) groups excluding carboxylic acids is 1.